The van der Waals surface area contributed by atoms with Crippen molar-refractivity contribution in [3.63, 3.8) is 0 Å². The normalized spacial score (nSPS) is 18.9. The van der Waals surface area contributed by atoms with Gasteiger partial charge in [-0.05, 0) is 31.6 Å². The molecule has 0 radical (unpaired) electrons. The molecule has 1 saturated heterocycles. The molecule has 1 aromatic heterocycles. The van der Waals surface area contributed by atoms with Crippen molar-refractivity contribution in [1.29, 1.82) is 0 Å². The highest BCUT2D eigenvalue weighted by atomic mass is 32.2. The van der Waals surface area contributed by atoms with E-state index in [-0.39, 0.29) is 23.6 Å². The smallest absolute Gasteiger partial charge is 0.319 e. The summed E-state index contributed by atoms with van der Waals surface area (Å²) < 4.78 is 24.8. The van der Waals surface area contributed by atoms with E-state index in [4.69, 9.17) is 0 Å². The van der Waals surface area contributed by atoms with Gasteiger partial charge in [-0.3, -0.25) is 5.32 Å². The first kappa shape index (κ1) is 20.0. The molecule has 1 N–H and O–H groups in total. The maximum absolute atomic E-state index is 12.9. The number of fused-ring (bicyclic) bond motifs is 1. The summed E-state index contributed by atoms with van der Waals surface area (Å²) in [6, 6.07) is 7.16. The molecule has 7 nitrogen and oxygen atoms in total. The third kappa shape index (κ3) is 4.97. The molecule has 1 aliphatic heterocycles. The summed E-state index contributed by atoms with van der Waals surface area (Å²) in [5, 5.41) is 3.41. The lowest BCUT2D eigenvalue weighted by atomic mass is 10.2. The predicted octanol–water partition coefficient (Wildman–Crippen LogP) is 2.66. The minimum absolute atomic E-state index is 0.0402. The van der Waals surface area contributed by atoms with Crippen molar-refractivity contribution in [3.05, 3.63) is 24.3 Å². The molecule has 2 heterocycles. The number of sulfone groups is 1. The summed E-state index contributed by atoms with van der Waals surface area (Å²) in [5.74, 6) is 0.187. The number of carbonyl (C=O) groups is 1. The number of likely N-dealkylation sites (N-methyl/N-ethyl adjacent to an activating group) is 1. The van der Waals surface area contributed by atoms with Gasteiger partial charge >= 0.3 is 6.03 Å². The van der Waals surface area contributed by atoms with E-state index in [2.05, 4.69) is 29.0 Å². The lowest BCUT2D eigenvalue weighted by molar-refractivity contribution is 0.178. The molecule has 1 aromatic carbocycles. The van der Waals surface area contributed by atoms with Crippen LogP contribution in [0.3, 0.4) is 0 Å². The molecule has 0 aliphatic carbocycles. The Kier molecular flexibility index (Phi) is 6.33. The minimum atomic E-state index is -3.07. The third-order valence-corrected chi connectivity index (χ3v) is 7.67. The summed E-state index contributed by atoms with van der Waals surface area (Å²) in [6.07, 6.45) is 0.494. The fourth-order valence-corrected chi connectivity index (χ4v) is 5.94. The van der Waals surface area contributed by atoms with Crippen LogP contribution < -0.4 is 5.32 Å². The summed E-state index contributed by atoms with van der Waals surface area (Å²) in [7, 11) is -3.07. The summed E-state index contributed by atoms with van der Waals surface area (Å²) in [6.45, 7) is 7.17. The lowest BCUT2D eigenvalue weighted by Gasteiger charge is -2.30. The van der Waals surface area contributed by atoms with Crippen molar-refractivity contribution < 1.29 is 13.2 Å². The molecule has 1 atom stereocenters. The Bertz CT molecular complexity index is 860. The molecule has 3 rings (SSSR count). The average molecular weight is 411 g/mol. The van der Waals surface area contributed by atoms with Crippen molar-refractivity contribution in [3.8, 4) is 0 Å². The second-order valence-electron chi connectivity index (χ2n) is 6.69. The van der Waals surface area contributed by atoms with Crippen LogP contribution in [0.5, 0.6) is 0 Å². The van der Waals surface area contributed by atoms with E-state index in [1.54, 1.807) is 4.90 Å². The van der Waals surface area contributed by atoms with E-state index in [9.17, 15) is 13.2 Å². The van der Waals surface area contributed by atoms with Crippen LogP contribution >= 0.6 is 11.3 Å². The number of hydrogen-bond acceptors (Lipinski definition) is 6. The molecule has 1 aliphatic rings. The van der Waals surface area contributed by atoms with Crippen LogP contribution in [0, 0.1) is 0 Å². The molecule has 1 fully saturated rings. The van der Waals surface area contributed by atoms with Crippen LogP contribution in [0.4, 0.5) is 9.93 Å². The Labute approximate surface area is 164 Å². The van der Waals surface area contributed by atoms with Gasteiger partial charge < -0.3 is 9.80 Å². The Balaban J connectivity index is 1.74. The number of urea groups is 1. The monoisotopic (exact) mass is 410 g/mol. The zero-order chi connectivity index (χ0) is 19.4. The quantitative estimate of drug-likeness (QED) is 0.759. The van der Waals surface area contributed by atoms with E-state index >= 15 is 0 Å². The van der Waals surface area contributed by atoms with Gasteiger partial charge in [-0.2, -0.15) is 0 Å². The van der Waals surface area contributed by atoms with Crippen LogP contribution in [0.1, 0.15) is 20.3 Å². The number of thiazole rings is 1. The average Bonchev–Trinajstić information content (AvgIpc) is 3.20. The molecule has 0 unspecified atom stereocenters. The van der Waals surface area contributed by atoms with E-state index in [1.807, 2.05) is 24.3 Å². The summed E-state index contributed by atoms with van der Waals surface area (Å²) >= 11 is 1.42. The minimum Gasteiger partial charge on any atom is -0.319 e. The maximum Gasteiger partial charge on any atom is 0.323 e. The third-order valence-electron chi connectivity index (χ3n) is 4.97. The molecule has 2 aromatic rings. The number of amides is 2. The molecular weight excluding hydrogens is 384 g/mol. The Hall–Kier alpha value is -1.71. The molecule has 9 heteroatoms. The topological polar surface area (TPSA) is 82.6 Å². The van der Waals surface area contributed by atoms with Gasteiger partial charge in [0.25, 0.3) is 0 Å². The van der Waals surface area contributed by atoms with Crippen molar-refractivity contribution in [2.75, 3.05) is 43.0 Å². The molecule has 0 spiro atoms. The number of rotatable bonds is 7. The first-order chi connectivity index (χ1) is 12.9. The van der Waals surface area contributed by atoms with Gasteiger partial charge in [0, 0.05) is 19.1 Å². The number of nitrogens with one attached hydrogen (secondary N) is 1. The summed E-state index contributed by atoms with van der Waals surface area (Å²) in [4.78, 5) is 21.3. The first-order valence-corrected chi connectivity index (χ1v) is 11.9. The van der Waals surface area contributed by atoms with Crippen molar-refractivity contribution >= 4 is 42.6 Å². The standard InChI is InChI=1S/C18H26N4O3S2/c1-3-21(4-2)10-11-22(14-9-12-27(24,25)13-14)18(23)20-17-19-15-7-5-6-8-16(15)26-17/h5-8,14H,3-4,9-13H2,1-2H3,(H,19,20,23)/t14-/m0/s1. The fraction of sp³-hybridized carbons (Fsp3) is 0.556. The van der Waals surface area contributed by atoms with Crippen LogP contribution in [-0.2, 0) is 9.84 Å². The number of benzene rings is 1. The Morgan fingerprint density at radius 1 is 1.26 bits per heavy atom. The number of carbonyl (C=O) groups excluding carboxylic acids is 1. The van der Waals surface area contributed by atoms with E-state index in [1.165, 1.54) is 11.3 Å². The largest absolute Gasteiger partial charge is 0.323 e. The second-order valence-corrected chi connectivity index (χ2v) is 9.95. The molecule has 27 heavy (non-hydrogen) atoms. The molecule has 0 saturated carbocycles. The SMILES string of the molecule is CCN(CC)CCN(C(=O)Nc1nc2ccccc2s1)[C@H]1CCS(=O)(=O)C1. The predicted molar refractivity (Wildman–Crippen MR) is 110 cm³/mol. The lowest BCUT2D eigenvalue weighted by Crippen LogP contribution is -2.47. The summed E-state index contributed by atoms with van der Waals surface area (Å²) in [5.41, 5.74) is 0.843. The number of aromatic nitrogens is 1. The Morgan fingerprint density at radius 3 is 2.63 bits per heavy atom. The zero-order valence-corrected chi connectivity index (χ0v) is 17.4. The van der Waals surface area contributed by atoms with E-state index in [0.29, 0.717) is 18.1 Å². The number of para-hydroxylation sites is 1. The molecular formula is C18H26N4O3S2. The highest BCUT2D eigenvalue weighted by Gasteiger charge is 2.35. The van der Waals surface area contributed by atoms with Crippen molar-refractivity contribution in [1.82, 2.24) is 14.8 Å². The Morgan fingerprint density at radius 2 is 2.00 bits per heavy atom. The van der Waals surface area contributed by atoms with E-state index < -0.39 is 9.84 Å². The van der Waals surface area contributed by atoms with Gasteiger partial charge in [0.1, 0.15) is 0 Å². The molecule has 148 valence electrons. The van der Waals surface area contributed by atoms with Gasteiger partial charge in [0.15, 0.2) is 15.0 Å². The van der Waals surface area contributed by atoms with Crippen LogP contribution in [0.15, 0.2) is 24.3 Å². The van der Waals surface area contributed by atoms with E-state index in [0.717, 1.165) is 29.9 Å². The number of anilines is 1. The highest BCUT2D eigenvalue weighted by molar-refractivity contribution is 7.91. The molecule has 0 bridgehead atoms. The first-order valence-electron chi connectivity index (χ1n) is 9.28. The van der Waals surface area contributed by atoms with Gasteiger partial charge in [-0.1, -0.05) is 37.3 Å². The molecule has 2 amide bonds. The maximum atomic E-state index is 12.9. The second kappa shape index (κ2) is 8.53. The number of hydrogen-bond donors (Lipinski definition) is 1. The zero-order valence-electron chi connectivity index (χ0n) is 15.7. The van der Waals surface area contributed by atoms with Gasteiger partial charge in [-0.15, -0.1) is 0 Å². The van der Waals surface area contributed by atoms with Crippen LogP contribution in [-0.4, -0.2) is 73.0 Å². The number of nitrogens with zero attached hydrogens (tertiary/aromatic N) is 3. The highest BCUT2D eigenvalue weighted by Crippen LogP contribution is 2.26. The van der Waals surface area contributed by atoms with Crippen LogP contribution in [0.25, 0.3) is 10.2 Å². The van der Waals surface area contributed by atoms with Crippen molar-refractivity contribution in [2.24, 2.45) is 0 Å². The van der Waals surface area contributed by atoms with Crippen LogP contribution in [0.2, 0.25) is 0 Å². The fourth-order valence-electron chi connectivity index (χ4n) is 3.35. The van der Waals surface area contributed by atoms with Gasteiger partial charge in [-0.25, -0.2) is 18.2 Å². The van der Waals surface area contributed by atoms with Crippen molar-refractivity contribution in [2.45, 2.75) is 26.3 Å². The van der Waals surface area contributed by atoms with Gasteiger partial charge in [0.2, 0.25) is 0 Å². The van der Waals surface area contributed by atoms with Gasteiger partial charge in [0.05, 0.1) is 21.7 Å².